The molecule has 0 spiro atoms. The highest BCUT2D eigenvalue weighted by molar-refractivity contribution is 6.33. The monoisotopic (exact) mass is 614 g/mol. The largest absolute Gasteiger partial charge is 0.368 e. The van der Waals surface area contributed by atoms with Crippen molar-refractivity contribution in [2.24, 2.45) is 5.92 Å². The Bertz CT molecular complexity index is 1710. The van der Waals surface area contributed by atoms with Gasteiger partial charge in [0, 0.05) is 49.4 Å². The second-order valence-electron chi connectivity index (χ2n) is 12.8. The average molecular weight is 615 g/mol. The van der Waals surface area contributed by atoms with Crippen LogP contribution in [0.2, 0.25) is 5.02 Å². The van der Waals surface area contributed by atoms with Crippen LogP contribution in [0.1, 0.15) is 68.4 Å². The maximum absolute atomic E-state index is 15.4. The third-order valence-corrected chi connectivity index (χ3v) is 10.2. The summed E-state index contributed by atoms with van der Waals surface area (Å²) in [6, 6.07) is 9.58. The van der Waals surface area contributed by atoms with Crippen LogP contribution < -0.4 is 16.0 Å². The Morgan fingerprint density at radius 2 is 1.77 bits per heavy atom. The lowest BCUT2D eigenvalue weighted by molar-refractivity contribution is 0.181. The summed E-state index contributed by atoms with van der Waals surface area (Å²) in [5.74, 6) is 2.58. The maximum atomic E-state index is 15.4. The molecule has 5 aliphatic rings. The van der Waals surface area contributed by atoms with Crippen molar-refractivity contribution >= 4 is 35.0 Å². The van der Waals surface area contributed by atoms with Gasteiger partial charge in [0.15, 0.2) is 17.5 Å². The fourth-order valence-electron chi connectivity index (χ4n) is 7.43. The SMILES string of the molecule is C[C@H]1CN(c2ncc(Nc3nc(N)n(-c4nnc(-c5ccccc5Cl)c5c4C4CCC5CC4)n3)cc2F)CCN1CC1CC1. The van der Waals surface area contributed by atoms with Gasteiger partial charge in [-0.15, -0.1) is 15.3 Å². The minimum atomic E-state index is -0.378. The molecule has 4 aliphatic carbocycles. The molecule has 3 fully saturated rings. The number of benzene rings is 1. The van der Waals surface area contributed by atoms with E-state index in [1.165, 1.54) is 24.5 Å². The number of nitrogens with one attached hydrogen (secondary N) is 1. The van der Waals surface area contributed by atoms with Gasteiger partial charge in [0.2, 0.25) is 11.9 Å². The minimum absolute atomic E-state index is 0.180. The second-order valence-corrected chi connectivity index (χ2v) is 13.2. The quantitative estimate of drug-likeness (QED) is 0.262. The predicted octanol–water partition coefficient (Wildman–Crippen LogP) is 5.91. The number of nitrogens with zero attached hydrogens (tertiary/aromatic N) is 8. The minimum Gasteiger partial charge on any atom is -0.368 e. The molecule has 2 bridgehead atoms. The van der Waals surface area contributed by atoms with Gasteiger partial charge in [-0.2, -0.15) is 9.67 Å². The van der Waals surface area contributed by atoms with Gasteiger partial charge in [0.05, 0.1) is 22.6 Å². The lowest BCUT2D eigenvalue weighted by Crippen LogP contribution is -2.52. The van der Waals surface area contributed by atoms with Crippen molar-refractivity contribution in [3.05, 3.63) is 58.5 Å². The number of aromatic nitrogens is 6. The van der Waals surface area contributed by atoms with Crippen molar-refractivity contribution in [3.8, 4) is 17.1 Å². The molecule has 1 aliphatic heterocycles. The Labute approximate surface area is 260 Å². The van der Waals surface area contributed by atoms with E-state index in [2.05, 4.69) is 42.4 Å². The van der Waals surface area contributed by atoms with Crippen molar-refractivity contribution < 1.29 is 4.39 Å². The first-order valence-corrected chi connectivity index (χ1v) is 16.1. The van der Waals surface area contributed by atoms with E-state index in [1.54, 1.807) is 10.9 Å². The van der Waals surface area contributed by atoms with Crippen molar-refractivity contribution in [1.82, 2.24) is 34.8 Å². The standard InChI is InChI=1S/C32H36ClFN10/c1-18-16-43(13-12-42(18)17-19-6-7-19)29-25(34)14-22(15-36-29)37-32-38-31(35)44(41-32)30-27-21-10-8-20(9-11-21)26(27)28(39-40-30)23-4-2-3-5-24(23)33/h2-5,14-15,18-21H,6-13,16-17H2,1H3,(H3,35,37,38,41)/t18-,20?,21?/m0/s1. The summed E-state index contributed by atoms with van der Waals surface area (Å²) in [5, 5.41) is 17.7. The fraction of sp³-hybridized carbons (Fsp3) is 0.469. The predicted molar refractivity (Wildman–Crippen MR) is 169 cm³/mol. The highest BCUT2D eigenvalue weighted by Gasteiger charge is 2.39. The average Bonchev–Trinajstić information content (AvgIpc) is 3.78. The first-order chi connectivity index (χ1) is 21.4. The van der Waals surface area contributed by atoms with Crippen LogP contribution in [-0.4, -0.2) is 67.1 Å². The van der Waals surface area contributed by atoms with Crippen LogP contribution in [0.15, 0.2) is 36.5 Å². The molecule has 4 aromatic rings. The molecule has 3 N–H and O–H groups in total. The number of piperazine rings is 1. The van der Waals surface area contributed by atoms with Crippen molar-refractivity contribution in [2.45, 2.75) is 63.3 Å². The molecule has 1 saturated heterocycles. The second kappa shape index (κ2) is 11.0. The summed E-state index contributed by atoms with van der Waals surface area (Å²) in [7, 11) is 0. The zero-order valence-corrected chi connectivity index (χ0v) is 25.5. The molecule has 0 amide bonds. The smallest absolute Gasteiger partial charge is 0.248 e. The Kier molecular flexibility index (Phi) is 6.90. The highest BCUT2D eigenvalue weighted by atomic mass is 35.5. The van der Waals surface area contributed by atoms with Crippen molar-refractivity contribution in [2.75, 3.05) is 42.1 Å². The number of pyridine rings is 1. The number of hydrogen-bond donors (Lipinski definition) is 2. The van der Waals surface area contributed by atoms with Crippen LogP contribution in [0.5, 0.6) is 0 Å². The molecule has 9 rings (SSSR count). The Morgan fingerprint density at radius 1 is 1.00 bits per heavy atom. The Hall–Kier alpha value is -3.83. The number of hydrogen-bond acceptors (Lipinski definition) is 9. The molecule has 3 aromatic heterocycles. The number of anilines is 4. The zero-order chi connectivity index (χ0) is 29.9. The van der Waals surface area contributed by atoms with E-state index in [0.29, 0.717) is 40.2 Å². The molecule has 44 heavy (non-hydrogen) atoms. The van der Waals surface area contributed by atoms with E-state index in [1.807, 2.05) is 29.2 Å². The van der Waals surface area contributed by atoms with Crippen molar-refractivity contribution in [1.29, 1.82) is 0 Å². The van der Waals surface area contributed by atoms with Gasteiger partial charge in [0.25, 0.3) is 0 Å². The van der Waals surface area contributed by atoms with E-state index in [4.69, 9.17) is 17.3 Å². The molecule has 4 heterocycles. The summed E-state index contributed by atoms with van der Waals surface area (Å²) in [6.45, 7) is 5.81. The number of nitrogens with two attached hydrogens (primary N) is 1. The van der Waals surface area contributed by atoms with Crippen LogP contribution >= 0.6 is 11.6 Å². The topological polar surface area (TPSA) is 114 Å². The molecular weight excluding hydrogens is 579 g/mol. The summed E-state index contributed by atoms with van der Waals surface area (Å²) in [5.41, 5.74) is 10.9. The molecule has 1 aromatic carbocycles. The van der Waals surface area contributed by atoms with E-state index in [9.17, 15) is 0 Å². The maximum Gasteiger partial charge on any atom is 0.248 e. The van der Waals surface area contributed by atoms with Gasteiger partial charge in [-0.05, 0) is 74.8 Å². The van der Waals surface area contributed by atoms with Gasteiger partial charge in [-0.3, -0.25) is 4.90 Å². The third-order valence-electron chi connectivity index (χ3n) is 9.87. The van der Waals surface area contributed by atoms with E-state index in [0.717, 1.165) is 74.6 Å². The van der Waals surface area contributed by atoms with Crippen molar-refractivity contribution in [3.63, 3.8) is 0 Å². The number of rotatable bonds is 7. The highest BCUT2D eigenvalue weighted by Crippen LogP contribution is 2.53. The number of nitrogen functional groups attached to an aromatic ring is 1. The number of fused-ring (bicyclic) bond motifs is 2. The fourth-order valence-corrected chi connectivity index (χ4v) is 7.66. The third kappa shape index (κ3) is 4.95. The Balaban J connectivity index is 1.05. The Morgan fingerprint density at radius 3 is 2.50 bits per heavy atom. The first kappa shape index (κ1) is 27.7. The van der Waals surface area contributed by atoms with Gasteiger partial charge in [-0.25, -0.2) is 9.37 Å². The molecule has 228 valence electrons. The van der Waals surface area contributed by atoms with Gasteiger partial charge in [-0.1, -0.05) is 29.8 Å². The molecule has 12 heteroatoms. The van der Waals surface area contributed by atoms with E-state index >= 15 is 4.39 Å². The molecule has 0 unspecified atom stereocenters. The van der Waals surface area contributed by atoms with Gasteiger partial charge in [0.1, 0.15) is 0 Å². The molecule has 1 atom stereocenters. The van der Waals surface area contributed by atoms with Gasteiger partial charge < -0.3 is 16.0 Å². The summed E-state index contributed by atoms with van der Waals surface area (Å²) in [6.07, 6.45) is 8.70. The summed E-state index contributed by atoms with van der Waals surface area (Å²) in [4.78, 5) is 13.5. The van der Waals surface area contributed by atoms with Crippen LogP contribution in [0.4, 0.5) is 27.8 Å². The molecule has 0 radical (unpaired) electrons. The normalized spacial score (nSPS) is 23.2. The first-order valence-electron chi connectivity index (χ1n) is 15.7. The van der Waals surface area contributed by atoms with Crippen LogP contribution in [-0.2, 0) is 0 Å². The number of halogens is 2. The molecular formula is C32H36ClFN10. The van der Waals surface area contributed by atoms with Gasteiger partial charge >= 0.3 is 0 Å². The zero-order valence-electron chi connectivity index (χ0n) is 24.8. The van der Waals surface area contributed by atoms with Crippen LogP contribution in [0.3, 0.4) is 0 Å². The molecule has 10 nitrogen and oxygen atoms in total. The van der Waals surface area contributed by atoms with E-state index < -0.39 is 0 Å². The van der Waals surface area contributed by atoms with Crippen LogP contribution in [0, 0.1) is 11.7 Å². The van der Waals surface area contributed by atoms with Crippen LogP contribution in [0.25, 0.3) is 17.1 Å². The summed E-state index contributed by atoms with van der Waals surface area (Å²) < 4.78 is 16.9. The lowest BCUT2D eigenvalue weighted by atomic mass is 9.66. The van der Waals surface area contributed by atoms with E-state index in [-0.39, 0.29) is 17.7 Å². The molecule has 2 saturated carbocycles. The summed E-state index contributed by atoms with van der Waals surface area (Å²) >= 11 is 6.60. The lowest BCUT2D eigenvalue weighted by Gasteiger charge is -2.40.